The highest BCUT2D eigenvalue weighted by Gasteiger charge is 2.52. The summed E-state index contributed by atoms with van der Waals surface area (Å²) in [5.74, 6) is -1.06. The molecule has 2 rings (SSSR count). The summed E-state index contributed by atoms with van der Waals surface area (Å²) < 4.78 is 22.9. The van der Waals surface area contributed by atoms with Crippen LogP contribution in [0.15, 0.2) is 0 Å². The molecule has 0 unspecified atom stereocenters. The fourth-order valence-corrected chi connectivity index (χ4v) is 4.21. The van der Waals surface area contributed by atoms with Gasteiger partial charge in [-0.15, -0.1) is 0 Å². The Hall–Kier alpha value is -0.890. The fraction of sp³-hybridized carbons (Fsp3) is 0.950. The molecule has 2 aliphatic rings. The van der Waals surface area contributed by atoms with Gasteiger partial charge in [-0.25, -0.2) is 0 Å². The Morgan fingerprint density at radius 1 is 0.935 bits per heavy atom. The average Bonchev–Trinajstić information content (AvgIpc) is 2.68. The predicted octanol–water partition coefficient (Wildman–Crippen LogP) is -1.91. The number of hydrogen-bond donors (Lipinski definition) is 6. The normalized spacial score (nSPS) is 41.5. The molecule has 0 aliphatic carbocycles. The standard InChI is InChI=1S/C20H37NO10/c1-8(2)13-11(6-22)29-20(17(27)16(13)26)31-18-14(21-10(5)24)19(28-9(3)4)30-12(7-23)15(18)25/h8-9,11-20,22-23,25-27H,6-7H2,1-5H3,(H,21,24)/t11-,12-,13-,14-,15-,16+,17-,18-,19-,20+/m1/s1. The third-order valence-corrected chi connectivity index (χ3v) is 5.63. The van der Waals surface area contributed by atoms with Crippen LogP contribution in [-0.2, 0) is 23.7 Å². The van der Waals surface area contributed by atoms with Crippen LogP contribution in [0.1, 0.15) is 34.6 Å². The maximum atomic E-state index is 11.8. The number of aliphatic hydroxyl groups excluding tert-OH is 5. The molecule has 182 valence electrons. The predicted molar refractivity (Wildman–Crippen MR) is 107 cm³/mol. The van der Waals surface area contributed by atoms with Crippen LogP contribution in [0.4, 0.5) is 0 Å². The maximum Gasteiger partial charge on any atom is 0.217 e. The molecule has 0 aromatic carbocycles. The lowest BCUT2D eigenvalue weighted by molar-refractivity contribution is -0.344. The Labute approximate surface area is 182 Å². The minimum absolute atomic E-state index is 0.0915. The zero-order valence-electron chi connectivity index (χ0n) is 18.6. The summed E-state index contributed by atoms with van der Waals surface area (Å²) in [6, 6.07) is -0.999. The van der Waals surface area contributed by atoms with Crippen molar-refractivity contribution in [1.82, 2.24) is 5.32 Å². The lowest BCUT2D eigenvalue weighted by Gasteiger charge is -2.48. The molecule has 31 heavy (non-hydrogen) atoms. The highest BCUT2D eigenvalue weighted by Crippen LogP contribution is 2.34. The second kappa shape index (κ2) is 11.3. The van der Waals surface area contributed by atoms with Crippen molar-refractivity contribution in [2.75, 3.05) is 13.2 Å². The third kappa shape index (κ3) is 6.12. The van der Waals surface area contributed by atoms with Gasteiger partial charge >= 0.3 is 0 Å². The minimum Gasteiger partial charge on any atom is -0.394 e. The van der Waals surface area contributed by atoms with Crippen LogP contribution in [0, 0.1) is 11.8 Å². The highest BCUT2D eigenvalue weighted by molar-refractivity contribution is 5.73. The molecule has 0 radical (unpaired) electrons. The molecule has 2 saturated heterocycles. The zero-order valence-corrected chi connectivity index (χ0v) is 18.6. The van der Waals surface area contributed by atoms with Crippen molar-refractivity contribution < 1.29 is 49.3 Å². The first kappa shape index (κ1) is 26.4. The van der Waals surface area contributed by atoms with Crippen LogP contribution in [-0.4, -0.2) is 106 Å². The summed E-state index contributed by atoms with van der Waals surface area (Å²) in [6.07, 6.45) is -9.99. The molecular weight excluding hydrogens is 414 g/mol. The van der Waals surface area contributed by atoms with E-state index in [2.05, 4.69) is 5.32 Å². The van der Waals surface area contributed by atoms with Crippen molar-refractivity contribution in [2.24, 2.45) is 11.8 Å². The van der Waals surface area contributed by atoms with E-state index in [4.69, 9.17) is 18.9 Å². The molecule has 0 aromatic rings. The van der Waals surface area contributed by atoms with Crippen LogP contribution < -0.4 is 5.32 Å². The quantitative estimate of drug-likeness (QED) is 0.245. The van der Waals surface area contributed by atoms with Crippen LogP contribution in [0.3, 0.4) is 0 Å². The molecule has 0 bridgehead atoms. The van der Waals surface area contributed by atoms with Gasteiger partial charge in [0.1, 0.15) is 30.5 Å². The Balaban J connectivity index is 2.31. The number of amides is 1. The number of carbonyl (C=O) groups is 1. The molecule has 0 spiro atoms. The number of ether oxygens (including phenoxy) is 4. The third-order valence-electron chi connectivity index (χ3n) is 5.63. The SMILES string of the molecule is CC(=O)N[C@H]1[C@H](OC(C)C)O[C@H](CO)[C@@H](O)[C@@H]1O[C@@H]1O[C@H](CO)[C@@H](C(C)C)[C@H](O)[C@H]1O. The van der Waals surface area contributed by atoms with Gasteiger partial charge in [-0.05, 0) is 19.8 Å². The highest BCUT2D eigenvalue weighted by atomic mass is 16.7. The van der Waals surface area contributed by atoms with Gasteiger partial charge in [0.05, 0.1) is 31.5 Å². The van der Waals surface area contributed by atoms with Crippen molar-refractivity contribution >= 4 is 5.91 Å². The number of hydrogen-bond acceptors (Lipinski definition) is 10. The van der Waals surface area contributed by atoms with E-state index in [0.29, 0.717) is 0 Å². The summed E-state index contributed by atoms with van der Waals surface area (Å²) in [4.78, 5) is 11.8. The van der Waals surface area contributed by atoms with Gasteiger partial charge in [-0.2, -0.15) is 0 Å². The van der Waals surface area contributed by atoms with Crippen molar-refractivity contribution in [1.29, 1.82) is 0 Å². The van der Waals surface area contributed by atoms with Gasteiger partial charge in [0.2, 0.25) is 5.91 Å². The van der Waals surface area contributed by atoms with E-state index in [-0.39, 0.29) is 12.0 Å². The van der Waals surface area contributed by atoms with E-state index in [1.165, 1.54) is 6.92 Å². The smallest absolute Gasteiger partial charge is 0.217 e. The first-order valence-corrected chi connectivity index (χ1v) is 10.7. The van der Waals surface area contributed by atoms with E-state index in [9.17, 15) is 30.3 Å². The Kier molecular flexibility index (Phi) is 9.61. The molecule has 1 amide bonds. The maximum absolute atomic E-state index is 11.8. The average molecular weight is 452 g/mol. The van der Waals surface area contributed by atoms with E-state index in [1.54, 1.807) is 13.8 Å². The molecule has 0 saturated carbocycles. The lowest BCUT2D eigenvalue weighted by Crippen LogP contribution is -2.68. The van der Waals surface area contributed by atoms with Crippen molar-refractivity contribution in [3.05, 3.63) is 0 Å². The number of rotatable bonds is 8. The molecule has 0 aromatic heterocycles. The largest absolute Gasteiger partial charge is 0.394 e. The zero-order chi connectivity index (χ0) is 23.5. The summed E-state index contributed by atoms with van der Waals surface area (Å²) >= 11 is 0. The molecule has 2 fully saturated rings. The molecular formula is C20H37NO10. The van der Waals surface area contributed by atoms with Gasteiger partial charge in [0.25, 0.3) is 0 Å². The van der Waals surface area contributed by atoms with Crippen molar-refractivity contribution in [2.45, 2.75) is 96.0 Å². The number of nitrogens with one attached hydrogen (secondary N) is 1. The summed E-state index contributed by atoms with van der Waals surface area (Å²) in [7, 11) is 0. The van der Waals surface area contributed by atoms with Crippen LogP contribution >= 0.6 is 0 Å². The number of carbonyl (C=O) groups excluding carboxylic acids is 1. The van der Waals surface area contributed by atoms with Crippen LogP contribution in [0.25, 0.3) is 0 Å². The second-order valence-electron chi connectivity index (χ2n) is 8.76. The van der Waals surface area contributed by atoms with Crippen LogP contribution in [0.5, 0.6) is 0 Å². The monoisotopic (exact) mass is 451 g/mol. The lowest BCUT2D eigenvalue weighted by atomic mass is 9.81. The molecule has 11 heteroatoms. The van der Waals surface area contributed by atoms with Crippen molar-refractivity contribution in [3.8, 4) is 0 Å². The van der Waals surface area contributed by atoms with Gasteiger partial charge in [0, 0.05) is 12.8 Å². The molecule has 10 atom stereocenters. The minimum atomic E-state index is -1.47. The van der Waals surface area contributed by atoms with E-state index >= 15 is 0 Å². The molecule has 6 N–H and O–H groups in total. The van der Waals surface area contributed by atoms with Crippen molar-refractivity contribution in [3.63, 3.8) is 0 Å². The Bertz CT molecular complexity index is 574. The van der Waals surface area contributed by atoms with Gasteiger partial charge in [0.15, 0.2) is 12.6 Å². The van der Waals surface area contributed by atoms with E-state index in [1.807, 2.05) is 13.8 Å². The summed E-state index contributed by atoms with van der Waals surface area (Å²) in [5, 5.41) is 54.0. The first-order chi connectivity index (χ1) is 14.5. The van der Waals surface area contributed by atoms with Crippen LogP contribution in [0.2, 0.25) is 0 Å². The van der Waals surface area contributed by atoms with Gasteiger partial charge in [-0.3, -0.25) is 4.79 Å². The first-order valence-electron chi connectivity index (χ1n) is 10.7. The Morgan fingerprint density at radius 2 is 1.52 bits per heavy atom. The Morgan fingerprint density at radius 3 is 2.00 bits per heavy atom. The molecule has 2 aliphatic heterocycles. The summed E-state index contributed by atoms with van der Waals surface area (Å²) in [5.41, 5.74) is 0. The van der Waals surface area contributed by atoms with Gasteiger partial charge < -0.3 is 49.8 Å². The summed E-state index contributed by atoms with van der Waals surface area (Å²) in [6.45, 7) is 7.51. The number of aliphatic hydroxyl groups is 5. The topological polar surface area (TPSA) is 167 Å². The van der Waals surface area contributed by atoms with E-state index in [0.717, 1.165) is 0 Å². The second-order valence-corrected chi connectivity index (χ2v) is 8.76. The fourth-order valence-electron chi connectivity index (χ4n) is 4.21. The molecule has 11 nitrogen and oxygen atoms in total. The van der Waals surface area contributed by atoms with E-state index < -0.39 is 80.3 Å². The molecule has 2 heterocycles. The van der Waals surface area contributed by atoms with Gasteiger partial charge in [-0.1, -0.05) is 13.8 Å².